The second-order valence-electron chi connectivity index (χ2n) is 17.2. The number of H-pyrrole nitrogens is 1. The van der Waals surface area contributed by atoms with E-state index in [0.717, 1.165) is 23.1 Å². The topological polar surface area (TPSA) is 167 Å². The van der Waals surface area contributed by atoms with Crippen molar-refractivity contribution in [2.75, 3.05) is 39.3 Å². The predicted octanol–water partition coefficient (Wildman–Crippen LogP) is 8.71. The number of aromatic nitrogens is 4. The van der Waals surface area contributed by atoms with Gasteiger partial charge in [-0.2, -0.15) is 10.2 Å². The summed E-state index contributed by atoms with van der Waals surface area (Å²) in [5, 5.41) is 12.8. The molecule has 2 N–H and O–H groups in total. The fourth-order valence-corrected chi connectivity index (χ4v) is 10.6. The van der Waals surface area contributed by atoms with Gasteiger partial charge in [0.1, 0.15) is 34.9 Å². The maximum absolute atomic E-state index is 13.5. The summed E-state index contributed by atoms with van der Waals surface area (Å²) >= 11 is 0. The Balaban J connectivity index is 1.43. The van der Waals surface area contributed by atoms with Crippen molar-refractivity contribution in [3.63, 3.8) is 0 Å². The van der Waals surface area contributed by atoms with E-state index >= 15 is 0 Å². The van der Waals surface area contributed by atoms with Crippen LogP contribution >= 0.6 is 8.53 Å². The summed E-state index contributed by atoms with van der Waals surface area (Å²) in [5.74, 6) is 2.05. The SMILES string of the molecule is CCC[C@@H](OC(c1ccccc1)(c1ccc(OC)cc1)c1ccc(OC)cc1)C12CO[C@@H]([C@H](n3cnc4c(=O)[nH]c(NCC(C)C)nc43)O1)[C@@H]2OP(OCCC#N)N(C(C)C)C(C)C. The number of hydrogen-bond donors (Lipinski definition) is 2. The first kappa shape index (κ1) is 47.1. The number of nitrogens with zero attached hydrogens (tertiary/aromatic N) is 5. The Morgan fingerprint density at radius 3 is 2.16 bits per heavy atom. The molecule has 64 heavy (non-hydrogen) atoms. The van der Waals surface area contributed by atoms with Crippen LogP contribution in [0.3, 0.4) is 0 Å². The van der Waals surface area contributed by atoms with Crippen molar-refractivity contribution >= 4 is 25.6 Å². The van der Waals surface area contributed by atoms with E-state index in [0.29, 0.717) is 42.0 Å². The van der Waals surface area contributed by atoms with Gasteiger partial charge in [-0.1, -0.05) is 81.8 Å². The predicted molar refractivity (Wildman–Crippen MR) is 246 cm³/mol. The second-order valence-corrected chi connectivity index (χ2v) is 18.6. The first-order valence-corrected chi connectivity index (χ1v) is 23.3. The monoisotopic (exact) mass is 895 g/mol. The molecule has 2 aliphatic rings. The molecule has 0 aliphatic carbocycles. The molecule has 0 radical (unpaired) electrons. The van der Waals surface area contributed by atoms with Crippen molar-refractivity contribution in [3.05, 3.63) is 112 Å². The molecule has 2 bridgehead atoms. The third-order valence-electron chi connectivity index (χ3n) is 11.7. The van der Waals surface area contributed by atoms with Gasteiger partial charge in [0.25, 0.3) is 14.1 Å². The molecule has 2 saturated heterocycles. The van der Waals surface area contributed by atoms with E-state index in [1.165, 1.54) is 0 Å². The number of imidazole rings is 1. The highest BCUT2D eigenvalue weighted by atomic mass is 31.2. The van der Waals surface area contributed by atoms with E-state index < -0.39 is 44.3 Å². The number of aromatic amines is 1. The number of fused-ring (bicyclic) bond motifs is 3. The van der Waals surface area contributed by atoms with Gasteiger partial charge >= 0.3 is 0 Å². The summed E-state index contributed by atoms with van der Waals surface area (Å²) in [6, 6.07) is 28.4. The Morgan fingerprint density at radius 2 is 1.59 bits per heavy atom. The second kappa shape index (κ2) is 20.5. The van der Waals surface area contributed by atoms with Crippen LogP contribution in [0.4, 0.5) is 5.95 Å². The molecule has 2 aliphatic heterocycles. The first-order chi connectivity index (χ1) is 30.9. The van der Waals surface area contributed by atoms with Gasteiger partial charge in [0.15, 0.2) is 17.4 Å². The number of ether oxygens (including phenoxy) is 5. The fourth-order valence-electron chi connectivity index (χ4n) is 8.81. The lowest BCUT2D eigenvalue weighted by Gasteiger charge is -2.46. The molecule has 0 spiro atoms. The molecule has 6 atom stereocenters. The summed E-state index contributed by atoms with van der Waals surface area (Å²) in [4.78, 5) is 25.7. The van der Waals surface area contributed by atoms with Crippen LogP contribution in [0.2, 0.25) is 0 Å². The summed E-state index contributed by atoms with van der Waals surface area (Å²) in [7, 11) is 1.52. The number of nitriles is 1. The Bertz CT molecular complexity index is 2330. The molecule has 5 aromatic rings. The lowest BCUT2D eigenvalue weighted by molar-refractivity contribution is -0.234. The van der Waals surface area contributed by atoms with Crippen LogP contribution in [0, 0.1) is 17.2 Å². The molecule has 4 heterocycles. The van der Waals surface area contributed by atoms with E-state index in [-0.39, 0.29) is 42.8 Å². The lowest BCUT2D eigenvalue weighted by Crippen LogP contribution is -2.56. The van der Waals surface area contributed by atoms with E-state index in [2.05, 4.69) is 86.6 Å². The van der Waals surface area contributed by atoms with Crippen molar-refractivity contribution < 1.29 is 32.7 Å². The van der Waals surface area contributed by atoms with Gasteiger partial charge in [0.2, 0.25) is 5.95 Å². The van der Waals surface area contributed by atoms with Crippen LogP contribution in [-0.4, -0.2) is 94.2 Å². The zero-order valence-corrected chi connectivity index (χ0v) is 39.2. The number of hydrogen-bond acceptors (Lipinski definition) is 13. The largest absolute Gasteiger partial charge is 0.497 e. The number of methoxy groups -OCH3 is 2. The van der Waals surface area contributed by atoms with Crippen molar-refractivity contribution in [1.29, 1.82) is 5.26 Å². The van der Waals surface area contributed by atoms with Crippen LogP contribution in [0.15, 0.2) is 90.0 Å². The first-order valence-electron chi connectivity index (χ1n) is 22.2. The van der Waals surface area contributed by atoms with Gasteiger partial charge in [-0.05, 0) is 81.0 Å². The van der Waals surface area contributed by atoms with Crippen LogP contribution < -0.4 is 20.3 Å². The maximum atomic E-state index is 13.5. The summed E-state index contributed by atoms with van der Waals surface area (Å²) in [6.07, 6.45) is 0.0432. The van der Waals surface area contributed by atoms with Crippen molar-refractivity contribution in [1.82, 2.24) is 24.2 Å². The highest BCUT2D eigenvalue weighted by Crippen LogP contribution is 2.58. The number of benzene rings is 3. The summed E-state index contributed by atoms with van der Waals surface area (Å²) < 4.78 is 51.5. The standard InChI is InChI=1S/C48H62N7O8P/c1-10-15-39(61-48(34-16-12-11-13-17-34,35-18-22-37(57-8)23-19-35)36-20-24-38(58-9)25-21-36)47-29-59-41(42(47)63-64(60-27-14-26-49)55(32(4)5)33(6)7)45(62-47)54-30-51-40-43(54)52-46(53-44(40)56)50-28-31(2)3/h11-13,16-25,30-33,39,41-42,45H,10,14-15,27-29H2,1-9H3,(H2,50,52,53,56)/t39-,41-,42+,45-,47?,64?/m1/s1. The molecule has 2 fully saturated rings. The number of anilines is 1. The highest BCUT2D eigenvalue weighted by molar-refractivity contribution is 7.44. The molecular formula is C48H62N7O8P. The molecular weight excluding hydrogens is 834 g/mol. The van der Waals surface area contributed by atoms with E-state index in [4.69, 9.17) is 37.7 Å². The van der Waals surface area contributed by atoms with Gasteiger partial charge < -0.3 is 38.0 Å². The zero-order chi connectivity index (χ0) is 45.6. The van der Waals surface area contributed by atoms with Crippen molar-refractivity contribution in [3.8, 4) is 17.6 Å². The number of nitrogens with one attached hydrogen (secondary N) is 2. The number of rotatable bonds is 22. The van der Waals surface area contributed by atoms with Gasteiger partial charge in [-0.15, -0.1) is 0 Å². The maximum Gasteiger partial charge on any atom is 0.280 e. The smallest absolute Gasteiger partial charge is 0.280 e. The molecule has 15 nitrogen and oxygen atoms in total. The van der Waals surface area contributed by atoms with Gasteiger partial charge in [0, 0.05) is 18.6 Å². The van der Waals surface area contributed by atoms with Crippen LogP contribution in [0.5, 0.6) is 11.5 Å². The van der Waals surface area contributed by atoms with Gasteiger partial charge in [-0.25, -0.2) is 9.65 Å². The Kier molecular flexibility index (Phi) is 15.1. The lowest BCUT2D eigenvalue weighted by atomic mass is 9.78. The van der Waals surface area contributed by atoms with E-state index in [1.54, 1.807) is 25.1 Å². The highest BCUT2D eigenvalue weighted by Gasteiger charge is 2.68. The third kappa shape index (κ3) is 9.28. The molecule has 7 rings (SSSR count). The van der Waals surface area contributed by atoms with Crippen molar-refractivity contribution in [2.45, 2.75) is 116 Å². The normalized spacial score (nSPS) is 20.7. The molecule has 16 heteroatoms. The van der Waals surface area contributed by atoms with Crippen LogP contribution in [-0.2, 0) is 28.9 Å². The molecule has 0 saturated carbocycles. The molecule has 3 aromatic carbocycles. The zero-order valence-electron chi connectivity index (χ0n) is 38.3. The van der Waals surface area contributed by atoms with Gasteiger partial charge in [0.05, 0.1) is 52.4 Å². The molecule has 342 valence electrons. The fraction of sp³-hybridized carbons (Fsp3) is 0.500. The minimum Gasteiger partial charge on any atom is -0.497 e. The summed E-state index contributed by atoms with van der Waals surface area (Å²) in [6.45, 7) is 15.6. The molecule has 2 unspecified atom stereocenters. The third-order valence-corrected chi connectivity index (χ3v) is 13.9. The molecule has 2 aromatic heterocycles. The van der Waals surface area contributed by atoms with Crippen LogP contribution in [0.1, 0.15) is 90.6 Å². The average Bonchev–Trinajstić information content (AvgIpc) is 3.98. The summed E-state index contributed by atoms with van der Waals surface area (Å²) in [5.41, 5.74) is 0.298. The minimum absolute atomic E-state index is 0.0321. The Morgan fingerprint density at radius 1 is 0.969 bits per heavy atom. The van der Waals surface area contributed by atoms with Crippen LogP contribution in [0.25, 0.3) is 11.2 Å². The average molecular weight is 896 g/mol. The quantitative estimate of drug-likeness (QED) is 0.0385. The van der Waals surface area contributed by atoms with E-state index in [1.807, 2.05) is 66.7 Å². The Labute approximate surface area is 377 Å². The van der Waals surface area contributed by atoms with Gasteiger partial charge in [-0.3, -0.25) is 14.3 Å². The van der Waals surface area contributed by atoms with E-state index in [9.17, 15) is 10.1 Å². The van der Waals surface area contributed by atoms with Crippen molar-refractivity contribution in [2.24, 2.45) is 5.92 Å². The Hall–Kier alpha value is -4.91. The molecule has 0 amide bonds. The minimum atomic E-state index is -1.78.